The van der Waals surface area contributed by atoms with Crippen molar-refractivity contribution in [2.45, 2.75) is 18.6 Å². The predicted molar refractivity (Wildman–Crippen MR) is 97.9 cm³/mol. The number of hydrogen-bond donors (Lipinski definition) is 2. The summed E-state index contributed by atoms with van der Waals surface area (Å²) in [5, 5.41) is 17.6. The number of aliphatic hydroxyl groups excluding tert-OH is 1. The van der Waals surface area contributed by atoms with Crippen LogP contribution in [0.1, 0.15) is 16.8 Å². The third-order valence-electron chi connectivity index (χ3n) is 4.60. The molecule has 1 aromatic carbocycles. The summed E-state index contributed by atoms with van der Waals surface area (Å²) in [6.45, 7) is 0.711. The van der Waals surface area contributed by atoms with Crippen molar-refractivity contribution in [3.8, 4) is 11.3 Å². The molecule has 138 valence electrons. The molecule has 0 aliphatic carbocycles. The standard InChI is InChI=1S/C19H19N5O3/c25-16-11-24(10-7-15(16)22-19-20-8-4-9-21-19)18(26)14-12-27-23-17(14)13-5-2-1-3-6-13/h1-6,8-9,12,15-16,25H,7,10-11H2,(H,20,21,22)/t15-,16-/m1/s1. The number of rotatable bonds is 4. The quantitative estimate of drug-likeness (QED) is 0.727. The third kappa shape index (κ3) is 3.65. The van der Waals surface area contributed by atoms with Crippen LogP contribution in [0.4, 0.5) is 5.95 Å². The molecule has 2 aromatic heterocycles. The van der Waals surface area contributed by atoms with Gasteiger partial charge in [-0.25, -0.2) is 9.97 Å². The zero-order valence-corrected chi connectivity index (χ0v) is 14.5. The number of nitrogens with one attached hydrogen (secondary N) is 1. The van der Waals surface area contributed by atoms with Gasteiger partial charge >= 0.3 is 0 Å². The molecule has 4 rings (SSSR count). The number of piperidine rings is 1. The minimum atomic E-state index is -0.730. The van der Waals surface area contributed by atoms with E-state index in [0.29, 0.717) is 30.2 Å². The van der Waals surface area contributed by atoms with Crippen LogP contribution in [-0.4, -0.2) is 56.3 Å². The molecule has 0 radical (unpaired) electrons. The Hall–Kier alpha value is -3.26. The molecule has 3 heterocycles. The van der Waals surface area contributed by atoms with Crippen LogP contribution in [0.3, 0.4) is 0 Å². The molecule has 2 atom stereocenters. The number of nitrogens with zero attached hydrogens (tertiary/aromatic N) is 4. The molecule has 2 N–H and O–H groups in total. The molecule has 3 aromatic rings. The number of aromatic nitrogens is 3. The fraction of sp³-hybridized carbons (Fsp3) is 0.263. The average Bonchev–Trinajstić information content (AvgIpc) is 3.20. The minimum absolute atomic E-state index is 0.205. The lowest BCUT2D eigenvalue weighted by Gasteiger charge is -2.36. The van der Waals surface area contributed by atoms with Gasteiger partial charge in [-0.3, -0.25) is 4.79 Å². The van der Waals surface area contributed by atoms with E-state index in [1.165, 1.54) is 6.26 Å². The Morgan fingerprint density at radius 2 is 1.96 bits per heavy atom. The molecule has 8 nitrogen and oxygen atoms in total. The van der Waals surface area contributed by atoms with Gasteiger partial charge in [-0.1, -0.05) is 35.5 Å². The van der Waals surface area contributed by atoms with Gasteiger partial charge in [0.25, 0.3) is 5.91 Å². The van der Waals surface area contributed by atoms with Crippen LogP contribution in [0.5, 0.6) is 0 Å². The maximum Gasteiger partial charge on any atom is 0.259 e. The summed E-state index contributed by atoms with van der Waals surface area (Å²) in [6.07, 6.45) is 4.48. The van der Waals surface area contributed by atoms with Crippen molar-refractivity contribution in [2.75, 3.05) is 18.4 Å². The Bertz CT molecular complexity index is 900. The maximum absolute atomic E-state index is 12.9. The Morgan fingerprint density at radius 3 is 2.70 bits per heavy atom. The molecule has 0 bridgehead atoms. The SMILES string of the molecule is O=C(c1conc1-c1ccccc1)N1CC[C@@H](Nc2ncccn2)[C@H](O)C1. The molecular weight excluding hydrogens is 346 g/mol. The number of carbonyl (C=O) groups is 1. The molecule has 0 spiro atoms. The van der Waals surface area contributed by atoms with Crippen LogP contribution >= 0.6 is 0 Å². The van der Waals surface area contributed by atoms with Crippen molar-refractivity contribution in [3.63, 3.8) is 0 Å². The van der Waals surface area contributed by atoms with Crippen molar-refractivity contribution in [3.05, 3.63) is 60.6 Å². The zero-order chi connectivity index (χ0) is 18.6. The summed E-state index contributed by atoms with van der Waals surface area (Å²) in [5.74, 6) is 0.260. The van der Waals surface area contributed by atoms with Gasteiger partial charge in [0, 0.05) is 31.0 Å². The molecular formula is C19H19N5O3. The molecule has 27 heavy (non-hydrogen) atoms. The van der Waals surface area contributed by atoms with Crippen molar-refractivity contribution >= 4 is 11.9 Å². The average molecular weight is 365 g/mol. The first-order valence-electron chi connectivity index (χ1n) is 8.73. The zero-order valence-electron chi connectivity index (χ0n) is 14.5. The van der Waals surface area contributed by atoms with Crippen LogP contribution in [0.25, 0.3) is 11.3 Å². The minimum Gasteiger partial charge on any atom is -0.389 e. The summed E-state index contributed by atoms with van der Waals surface area (Å²) >= 11 is 0. The van der Waals surface area contributed by atoms with Crippen LogP contribution in [0.15, 0.2) is 59.6 Å². The number of carbonyl (C=O) groups excluding carboxylic acids is 1. The largest absolute Gasteiger partial charge is 0.389 e. The van der Waals surface area contributed by atoms with E-state index in [2.05, 4.69) is 20.4 Å². The normalized spacial score (nSPS) is 19.7. The highest BCUT2D eigenvalue weighted by Crippen LogP contribution is 2.25. The summed E-state index contributed by atoms with van der Waals surface area (Å²) < 4.78 is 5.05. The monoisotopic (exact) mass is 365 g/mol. The van der Waals surface area contributed by atoms with Crippen molar-refractivity contribution < 1.29 is 14.4 Å². The Balaban J connectivity index is 1.45. The van der Waals surface area contributed by atoms with Gasteiger partial charge in [-0.05, 0) is 12.5 Å². The van der Waals surface area contributed by atoms with Crippen molar-refractivity contribution in [2.24, 2.45) is 0 Å². The van der Waals surface area contributed by atoms with Crippen LogP contribution < -0.4 is 5.32 Å². The fourth-order valence-corrected chi connectivity index (χ4v) is 3.19. The van der Waals surface area contributed by atoms with Crippen LogP contribution in [0.2, 0.25) is 0 Å². The van der Waals surface area contributed by atoms with E-state index in [0.717, 1.165) is 5.56 Å². The molecule has 8 heteroatoms. The summed E-state index contributed by atoms with van der Waals surface area (Å²) in [6, 6.07) is 10.9. The molecule has 1 fully saturated rings. The molecule has 1 amide bonds. The summed E-state index contributed by atoms with van der Waals surface area (Å²) in [7, 11) is 0. The van der Waals surface area contributed by atoms with E-state index < -0.39 is 6.10 Å². The highest BCUT2D eigenvalue weighted by molar-refractivity contribution is 5.99. The highest BCUT2D eigenvalue weighted by atomic mass is 16.5. The summed E-state index contributed by atoms with van der Waals surface area (Å²) in [4.78, 5) is 22.8. The van der Waals surface area contributed by atoms with Crippen molar-refractivity contribution in [1.29, 1.82) is 0 Å². The summed E-state index contributed by atoms with van der Waals surface area (Å²) in [5.41, 5.74) is 1.71. The molecule has 1 aliphatic heterocycles. The van der Waals surface area contributed by atoms with Crippen LogP contribution in [-0.2, 0) is 0 Å². The van der Waals surface area contributed by atoms with Crippen molar-refractivity contribution in [1.82, 2.24) is 20.0 Å². The lowest BCUT2D eigenvalue weighted by Crippen LogP contribution is -2.51. The van der Waals surface area contributed by atoms with E-state index in [1.54, 1.807) is 23.4 Å². The van der Waals surface area contributed by atoms with Gasteiger partial charge < -0.3 is 19.8 Å². The van der Waals surface area contributed by atoms with E-state index in [1.807, 2.05) is 30.3 Å². The first-order valence-corrected chi connectivity index (χ1v) is 8.73. The van der Waals surface area contributed by atoms with Gasteiger partial charge in [-0.2, -0.15) is 0 Å². The van der Waals surface area contributed by atoms with Gasteiger partial charge in [0.15, 0.2) is 0 Å². The van der Waals surface area contributed by atoms with E-state index in [9.17, 15) is 9.90 Å². The molecule has 1 saturated heterocycles. The van der Waals surface area contributed by atoms with E-state index in [4.69, 9.17) is 4.52 Å². The Kier molecular flexibility index (Phi) is 4.80. The first-order chi connectivity index (χ1) is 13.2. The van der Waals surface area contributed by atoms with Gasteiger partial charge in [0.2, 0.25) is 5.95 Å². The smallest absolute Gasteiger partial charge is 0.259 e. The second-order valence-electron chi connectivity index (χ2n) is 6.37. The topological polar surface area (TPSA) is 104 Å². The Morgan fingerprint density at radius 1 is 1.19 bits per heavy atom. The number of amides is 1. The van der Waals surface area contributed by atoms with Crippen LogP contribution in [0, 0.1) is 0 Å². The maximum atomic E-state index is 12.9. The number of hydrogen-bond acceptors (Lipinski definition) is 7. The predicted octanol–water partition coefficient (Wildman–Crippen LogP) is 1.82. The second kappa shape index (κ2) is 7.55. The third-order valence-corrected chi connectivity index (χ3v) is 4.60. The van der Waals surface area contributed by atoms with E-state index in [-0.39, 0.29) is 18.5 Å². The lowest BCUT2D eigenvalue weighted by atomic mass is 10.0. The number of β-amino-alcohol motifs (C(OH)–C–C–N with tert-alkyl or cyclic N) is 1. The molecule has 0 saturated carbocycles. The van der Waals surface area contributed by atoms with Gasteiger partial charge in [0.1, 0.15) is 17.5 Å². The van der Waals surface area contributed by atoms with Gasteiger partial charge in [-0.15, -0.1) is 0 Å². The number of likely N-dealkylation sites (tertiary alicyclic amines) is 1. The molecule has 0 unspecified atom stereocenters. The van der Waals surface area contributed by atoms with E-state index >= 15 is 0 Å². The lowest BCUT2D eigenvalue weighted by molar-refractivity contribution is 0.0425. The first kappa shape index (κ1) is 17.2. The number of benzene rings is 1. The Labute approximate surface area is 155 Å². The number of anilines is 1. The second-order valence-corrected chi connectivity index (χ2v) is 6.37. The highest BCUT2D eigenvalue weighted by Gasteiger charge is 2.32. The molecule has 1 aliphatic rings. The number of aliphatic hydroxyl groups is 1. The van der Waals surface area contributed by atoms with Gasteiger partial charge in [0.05, 0.1) is 12.1 Å². The fourth-order valence-electron chi connectivity index (χ4n) is 3.19.